The Labute approximate surface area is 234 Å². The lowest BCUT2D eigenvalue weighted by Gasteiger charge is -2.38. The average molecular weight is 639 g/mol. The molecular formula is C27H31Br2ClN4O2. The Morgan fingerprint density at radius 1 is 1.03 bits per heavy atom. The molecule has 6 nitrogen and oxygen atoms in total. The van der Waals surface area contributed by atoms with Gasteiger partial charge in [0.2, 0.25) is 5.91 Å². The molecule has 3 aliphatic rings. The molecule has 3 heterocycles. The molecule has 2 aliphatic heterocycles. The number of piperidine rings is 2. The van der Waals surface area contributed by atoms with Crippen molar-refractivity contribution in [3.63, 3.8) is 0 Å². The van der Waals surface area contributed by atoms with Gasteiger partial charge in [0, 0.05) is 53.7 Å². The Kier molecular flexibility index (Phi) is 7.94. The molecule has 36 heavy (non-hydrogen) atoms. The van der Waals surface area contributed by atoms with Gasteiger partial charge in [-0.25, -0.2) is 4.79 Å². The van der Waals surface area contributed by atoms with Crippen LogP contribution in [0.25, 0.3) is 0 Å². The number of amides is 3. The minimum Gasteiger partial charge on any atom is -0.351 e. The summed E-state index contributed by atoms with van der Waals surface area (Å²) < 4.78 is 2.00. The maximum Gasteiger partial charge on any atom is 0.314 e. The van der Waals surface area contributed by atoms with Gasteiger partial charge in [-0.3, -0.25) is 9.78 Å². The molecule has 0 bridgehead atoms. The molecule has 2 aromatic rings. The molecule has 2 saturated heterocycles. The van der Waals surface area contributed by atoms with E-state index in [2.05, 4.69) is 44.0 Å². The zero-order valence-corrected chi connectivity index (χ0v) is 24.1. The van der Waals surface area contributed by atoms with Crippen LogP contribution in [0.4, 0.5) is 4.79 Å². The van der Waals surface area contributed by atoms with Gasteiger partial charge in [-0.2, -0.15) is 0 Å². The van der Waals surface area contributed by atoms with E-state index in [1.807, 2.05) is 17.2 Å². The average Bonchev–Trinajstić information content (AvgIpc) is 3.03. The number of nitrogens with zero attached hydrogens (tertiary/aromatic N) is 3. The Bertz CT molecular complexity index is 1160. The molecule has 5 rings (SSSR count). The first-order valence-corrected chi connectivity index (χ1v) is 14.7. The molecule has 2 fully saturated rings. The Balaban J connectivity index is 1.30. The number of aromatic nitrogens is 1. The second-order valence-electron chi connectivity index (χ2n) is 10.3. The van der Waals surface area contributed by atoms with Gasteiger partial charge in [-0.1, -0.05) is 17.7 Å². The van der Waals surface area contributed by atoms with Crippen LogP contribution in [0, 0.1) is 11.8 Å². The second-order valence-corrected chi connectivity index (χ2v) is 12.4. The quantitative estimate of drug-likeness (QED) is 0.454. The highest BCUT2D eigenvalue weighted by molar-refractivity contribution is 9.10. The van der Waals surface area contributed by atoms with Crippen molar-refractivity contribution in [2.24, 2.45) is 17.6 Å². The SMILES string of the molecule is NC(=O)N1CCC(CC(=O)N2CCC(C3c4ccc(Cl)c(Br)c4CCc4cc(Br)cnc43)CC2)CC1. The van der Waals surface area contributed by atoms with Crippen LogP contribution in [-0.4, -0.2) is 52.9 Å². The molecule has 0 radical (unpaired) electrons. The number of pyridine rings is 1. The third-order valence-corrected chi connectivity index (χ3v) is 10.1. The van der Waals surface area contributed by atoms with Gasteiger partial charge in [-0.05, 0) is 111 Å². The summed E-state index contributed by atoms with van der Waals surface area (Å²) >= 11 is 13.8. The van der Waals surface area contributed by atoms with Crippen LogP contribution in [0.15, 0.2) is 33.3 Å². The molecule has 1 aliphatic carbocycles. The highest BCUT2D eigenvalue weighted by Gasteiger charge is 2.36. The first-order chi connectivity index (χ1) is 17.3. The number of carbonyl (C=O) groups excluding carboxylic acids is 2. The zero-order valence-electron chi connectivity index (χ0n) is 20.2. The molecule has 0 saturated carbocycles. The number of likely N-dealkylation sites (tertiary alicyclic amines) is 2. The van der Waals surface area contributed by atoms with Crippen molar-refractivity contribution in [1.29, 1.82) is 0 Å². The van der Waals surface area contributed by atoms with Crippen LogP contribution in [0.3, 0.4) is 0 Å². The molecule has 192 valence electrons. The number of aryl methyl sites for hydroxylation is 1. The van der Waals surface area contributed by atoms with E-state index in [0.29, 0.717) is 31.3 Å². The molecule has 2 N–H and O–H groups in total. The number of hydrogen-bond acceptors (Lipinski definition) is 3. The number of urea groups is 1. The summed E-state index contributed by atoms with van der Waals surface area (Å²) in [6, 6.07) is 6.02. The van der Waals surface area contributed by atoms with E-state index in [1.165, 1.54) is 16.7 Å². The molecule has 0 spiro atoms. The summed E-state index contributed by atoms with van der Waals surface area (Å²) in [5.41, 5.74) is 10.4. The summed E-state index contributed by atoms with van der Waals surface area (Å²) in [7, 11) is 0. The summed E-state index contributed by atoms with van der Waals surface area (Å²) in [6.07, 6.45) is 7.91. The largest absolute Gasteiger partial charge is 0.351 e. The van der Waals surface area contributed by atoms with Crippen LogP contribution < -0.4 is 5.73 Å². The van der Waals surface area contributed by atoms with Gasteiger partial charge in [0.1, 0.15) is 0 Å². The van der Waals surface area contributed by atoms with E-state index >= 15 is 0 Å². The Morgan fingerprint density at radius 3 is 2.42 bits per heavy atom. The lowest BCUT2D eigenvalue weighted by molar-refractivity contribution is -0.134. The van der Waals surface area contributed by atoms with E-state index in [0.717, 1.165) is 71.3 Å². The van der Waals surface area contributed by atoms with Crippen LogP contribution >= 0.6 is 43.5 Å². The number of fused-ring (bicyclic) bond motifs is 2. The predicted octanol–water partition coefficient (Wildman–Crippen LogP) is 5.91. The number of primary amides is 1. The van der Waals surface area contributed by atoms with Crippen LogP contribution in [-0.2, 0) is 17.6 Å². The highest BCUT2D eigenvalue weighted by atomic mass is 79.9. The normalized spacial score (nSPS) is 21.0. The van der Waals surface area contributed by atoms with Crippen molar-refractivity contribution in [3.05, 3.63) is 60.7 Å². The van der Waals surface area contributed by atoms with E-state index in [-0.39, 0.29) is 17.9 Å². The van der Waals surface area contributed by atoms with Gasteiger partial charge >= 0.3 is 6.03 Å². The van der Waals surface area contributed by atoms with E-state index < -0.39 is 0 Å². The smallest absolute Gasteiger partial charge is 0.314 e. The Morgan fingerprint density at radius 2 is 1.72 bits per heavy atom. The monoisotopic (exact) mass is 636 g/mol. The second kappa shape index (κ2) is 11.0. The van der Waals surface area contributed by atoms with Crippen molar-refractivity contribution >= 4 is 55.4 Å². The van der Waals surface area contributed by atoms with E-state index in [4.69, 9.17) is 22.3 Å². The standard InChI is InChI=1S/C27H31Br2ClN4O2/c28-19-14-18-1-2-21-20(3-4-22(30)25(21)29)24(26(18)32-15-19)17-7-11-33(12-8-17)23(35)13-16-5-9-34(10-6-16)27(31)36/h3-4,14-17,24H,1-2,5-13H2,(H2,31,36). The first-order valence-electron chi connectivity index (χ1n) is 12.7. The fourth-order valence-electron chi connectivity index (χ4n) is 6.22. The fraction of sp³-hybridized carbons (Fsp3) is 0.519. The summed E-state index contributed by atoms with van der Waals surface area (Å²) in [6.45, 7) is 2.85. The van der Waals surface area contributed by atoms with Crippen LogP contribution in [0.5, 0.6) is 0 Å². The van der Waals surface area contributed by atoms with Crippen molar-refractivity contribution in [1.82, 2.24) is 14.8 Å². The molecule has 3 amide bonds. The maximum absolute atomic E-state index is 13.1. The number of halogens is 3. The summed E-state index contributed by atoms with van der Waals surface area (Å²) in [4.78, 5) is 33.1. The highest BCUT2D eigenvalue weighted by Crippen LogP contribution is 2.45. The number of benzene rings is 1. The van der Waals surface area contributed by atoms with Gasteiger partial charge in [-0.15, -0.1) is 0 Å². The van der Waals surface area contributed by atoms with Gasteiger partial charge < -0.3 is 15.5 Å². The summed E-state index contributed by atoms with van der Waals surface area (Å²) in [5, 5.41) is 0.745. The van der Waals surface area contributed by atoms with E-state index in [9.17, 15) is 9.59 Å². The van der Waals surface area contributed by atoms with Crippen LogP contribution in [0.2, 0.25) is 5.02 Å². The molecule has 1 unspecified atom stereocenters. The molecule has 9 heteroatoms. The van der Waals surface area contributed by atoms with Gasteiger partial charge in [0.25, 0.3) is 0 Å². The molecule has 1 aromatic heterocycles. The van der Waals surface area contributed by atoms with Gasteiger partial charge in [0.15, 0.2) is 0 Å². The first kappa shape index (κ1) is 26.0. The molecule has 1 atom stereocenters. The predicted molar refractivity (Wildman–Crippen MR) is 148 cm³/mol. The topological polar surface area (TPSA) is 79.5 Å². The third-order valence-electron chi connectivity index (χ3n) is 8.23. The lowest BCUT2D eigenvalue weighted by Crippen LogP contribution is -2.44. The van der Waals surface area contributed by atoms with Crippen molar-refractivity contribution < 1.29 is 9.59 Å². The maximum atomic E-state index is 13.1. The van der Waals surface area contributed by atoms with Crippen molar-refractivity contribution in [2.45, 2.75) is 50.9 Å². The molecular weight excluding hydrogens is 608 g/mol. The van der Waals surface area contributed by atoms with Crippen LogP contribution in [0.1, 0.15) is 60.4 Å². The Hall–Kier alpha value is -1.64. The minimum atomic E-state index is -0.361. The third kappa shape index (κ3) is 5.32. The number of rotatable bonds is 3. The van der Waals surface area contributed by atoms with E-state index in [1.54, 1.807) is 4.90 Å². The zero-order chi connectivity index (χ0) is 25.4. The van der Waals surface area contributed by atoms with Crippen molar-refractivity contribution in [2.75, 3.05) is 26.2 Å². The van der Waals surface area contributed by atoms with Crippen molar-refractivity contribution in [3.8, 4) is 0 Å². The minimum absolute atomic E-state index is 0.189. The van der Waals surface area contributed by atoms with Gasteiger partial charge in [0.05, 0.1) is 10.7 Å². The fourth-order valence-corrected chi connectivity index (χ4v) is 7.34. The number of carbonyl (C=O) groups is 2. The lowest BCUT2D eigenvalue weighted by atomic mass is 9.76. The number of hydrogen-bond donors (Lipinski definition) is 1. The summed E-state index contributed by atoms with van der Waals surface area (Å²) in [5.74, 6) is 1.17. The molecule has 1 aromatic carbocycles. The number of nitrogens with two attached hydrogens (primary N) is 1.